The average Bonchev–Trinajstić information content (AvgIpc) is 2.61. The van der Waals surface area contributed by atoms with Gasteiger partial charge in [-0.1, -0.05) is 0 Å². The van der Waals surface area contributed by atoms with Crippen LogP contribution in [-0.2, 0) is 4.43 Å². The molecule has 158 valence electrons. The number of carbonyl (C=O) groups is 2. The van der Waals surface area contributed by atoms with Crippen LogP contribution in [0.25, 0.3) is 0 Å². The highest BCUT2D eigenvalue weighted by molar-refractivity contribution is 9.10. The van der Waals surface area contributed by atoms with Gasteiger partial charge < -0.3 is 14.8 Å². The Balaban J connectivity index is 2.22. The van der Waals surface area contributed by atoms with Crippen LogP contribution in [0.3, 0.4) is 0 Å². The average molecular weight is 481 g/mol. The molecule has 2 N–H and O–H groups in total. The molecule has 1 aliphatic rings. The molecule has 1 fully saturated rings. The Kier molecular flexibility index (Phi) is 7.66. The zero-order valence-electron chi connectivity index (χ0n) is 17.4. The number of benzene rings is 1. The largest absolute Gasteiger partial charge is 0.465 e. The van der Waals surface area contributed by atoms with Crippen molar-refractivity contribution in [2.75, 3.05) is 0 Å². The Labute approximate surface area is 181 Å². The maximum atomic E-state index is 13.6. The van der Waals surface area contributed by atoms with Crippen molar-refractivity contribution in [3.8, 4) is 6.07 Å². The highest BCUT2D eigenvalue weighted by Crippen LogP contribution is 2.41. The lowest BCUT2D eigenvalue weighted by atomic mass is 9.73. The second-order valence-corrected chi connectivity index (χ2v) is 14.2. The Hall–Kier alpha value is -1.69. The van der Waals surface area contributed by atoms with Gasteiger partial charge in [-0.3, -0.25) is 4.79 Å². The normalized spacial score (nSPS) is 23.1. The summed E-state index contributed by atoms with van der Waals surface area (Å²) in [5.74, 6) is 0.318. The lowest BCUT2D eigenvalue weighted by molar-refractivity contribution is 0.0125. The number of amides is 1. The number of nitrogens with one attached hydrogen (secondary N) is 1. The van der Waals surface area contributed by atoms with Crippen LogP contribution in [0, 0.1) is 17.2 Å². The van der Waals surface area contributed by atoms with Gasteiger partial charge in [0.1, 0.15) is 5.60 Å². The zero-order chi connectivity index (χ0) is 21.8. The second-order valence-electron chi connectivity index (χ2n) is 8.87. The fraction of sp³-hybridized carbons (Fsp3) is 0.571. The predicted molar refractivity (Wildman–Crippen MR) is 118 cm³/mol. The van der Waals surface area contributed by atoms with E-state index in [9.17, 15) is 9.59 Å². The summed E-state index contributed by atoms with van der Waals surface area (Å²) >= 11 is 3.45. The van der Waals surface area contributed by atoms with Gasteiger partial charge in [0.2, 0.25) is 0 Å². The molecule has 1 aliphatic carbocycles. The molecule has 1 aromatic carbocycles. The van der Waals surface area contributed by atoms with E-state index < -0.39 is 20.0 Å². The molecule has 0 saturated heterocycles. The molecular formula is C21H29BrN2O4Si. The molecule has 29 heavy (non-hydrogen) atoms. The lowest BCUT2D eigenvalue weighted by Crippen LogP contribution is -2.51. The number of nitriles is 1. The fourth-order valence-electron chi connectivity index (χ4n) is 4.13. The van der Waals surface area contributed by atoms with Crippen molar-refractivity contribution in [2.24, 2.45) is 5.92 Å². The first-order valence-corrected chi connectivity index (χ1v) is 14.1. The summed E-state index contributed by atoms with van der Waals surface area (Å²) in [5.41, 5.74) is 0.181. The van der Waals surface area contributed by atoms with Gasteiger partial charge in [0, 0.05) is 16.1 Å². The molecule has 1 atom stereocenters. The van der Waals surface area contributed by atoms with E-state index in [1.54, 1.807) is 18.2 Å². The molecule has 0 heterocycles. The molecule has 8 heteroatoms. The highest BCUT2D eigenvalue weighted by Gasteiger charge is 2.46. The Morgan fingerprint density at radius 1 is 1.38 bits per heavy atom. The SMILES string of the molecule is C[C@@H](CC1CCC(O[Si](C)(C)C)(C(=O)c2ccc(C#N)cc2Br)CC1)NC(=O)O. The molecule has 1 aromatic rings. The molecule has 0 bridgehead atoms. The smallest absolute Gasteiger partial charge is 0.404 e. The van der Waals surface area contributed by atoms with E-state index >= 15 is 0 Å². The number of nitrogens with zero attached hydrogens (tertiary/aromatic N) is 1. The van der Waals surface area contributed by atoms with Gasteiger partial charge >= 0.3 is 6.09 Å². The van der Waals surface area contributed by atoms with Crippen LogP contribution >= 0.6 is 15.9 Å². The third-order valence-electron chi connectivity index (χ3n) is 5.23. The minimum atomic E-state index is -2.00. The molecule has 6 nitrogen and oxygen atoms in total. The van der Waals surface area contributed by atoms with Gasteiger partial charge in [-0.2, -0.15) is 5.26 Å². The van der Waals surface area contributed by atoms with Gasteiger partial charge in [-0.15, -0.1) is 0 Å². The number of rotatable bonds is 7. The van der Waals surface area contributed by atoms with Crippen molar-refractivity contribution in [2.45, 2.75) is 70.3 Å². The zero-order valence-corrected chi connectivity index (χ0v) is 20.0. The van der Waals surface area contributed by atoms with Crippen LogP contribution < -0.4 is 5.32 Å². The predicted octanol–water partition coefficient (Wildman–Crippen LogP) is 5.33. The van der Waals surface area contributed by atoms with Gasteiger partial charge in [0.15, 0.2) is 14.1 Å². The Morgan fingerprint density at radius 2 is 2.00 bits per heavy atom. The summed E-state index contributed by atoms with van der Waals surface area (Å²) in [6, 6.07) is 6.99. The minimum Gasteiger partial charge on any atom is -0.465 e. The summed E-state index contributed by atoms with van der Waals surface area (Å²) in [5, 5.41) is 20.5. The standard InChI is InChI=1S/C21H29BrN2O4Si/c1-14(24-20(26)27)11-15-7-9-21(10-8-15,28-29(2,3)4)19(25)17-6-5-16(13-23)12-18(17)22/h5-6,12,14-15,24H,7-11H2,1-4H3,(H,26,27)/t14-,15?,21?/m0/s1. The van der Waals surface area contributed by atoms with E-state index in [4.69, 9.17) is 14.8 Å². The van der Waals surface area contributed by atoms with E-state index in [0.717, 1.165) is 19.3 Å². The summed E-state index contributed by atoms with van der Waals surface area (Å²) in [6.07, 6.45) is 2.61. The highest BCUT2D eigenvalue weighted by atomic mass is 79.9. The van der Waals surface area contributed by atoms with Crippen LogP contribution in [0.15, 0.2) is 22.7 Å². The van der Waals surface area contributed by atoms with E-state index in [1.165, 1.54) is 0 Å². The van der Waals surface area contributed by atoms with Crippen molar-refractivity contribution < 1.29 is 19.1 Å². The second kappa shape index (κ2) is 9.41. The summed E-state index contributed by atoms with van der Waals surface area (Å²) in [7, 11) is -2.00. The quantitative estimate of drug-likeness (QED) is 0.405. The molecule has 1 amide bonds. The molecular weight excluding hydrogens is 452 g/mol. The molecule has 0 spiro atoms. The van der Waals surface area contributed by atoms with E-state index in [-0.39, 0.29) is 11.8 Å². The van der Waals surface area contributed by atoms with E-state index in [2.05, 4.69) is 47.0 Å². The van der Waals surface area contributed by atoms with Crippen molar-refractivity contribution in [1.29, 1.82) is 5.26 Å². The van der Waals surface area contributed by atoms with Crippen molar-refractivity contribution in [3.63, 3.8) is 0 Å². The molecule has 0 unspecified atom stereocenters. The third-order valence-corrected chi connectivity index (χ3v) is 6.89. The summed E-state index contributed by atoms with van der Waals surface area (Å²) in [4.78, 5) is 24.4. The minimum absolute atomic E-state index is 0.0357. The number of hydrogen-bond donors (Lipinski definition) is 2. The van der Waals surface area contributed by atoms with Gasteiger partial charge in [-0.05, 0) is 98.7 Å². The first-order chi connectivity index (χ1) is 13.5. The molecule has 1 saturated carbocycles. The van der Waals surface area contributed by atoms with Crippen LogP contribution in [0.2, 0.25) is 19.6 Å². The van der Waals surface area contributed by atoms with Crippen LogP contribution in [0.5, 0.6) is 0 Å². The number of carboxylic acid groups (broad SMARTS) is 1. The molecule has 0 radical (unpaired) electrons. The summed E-state index contributed by atoms with van der Waals surface area (Å²) in [6.45, 7) is 8.12. The van der Waals surface area contributed by atoms with Crippen molar-refractivity contribution in [1.82, 2.24) is 5.32 Å². The maximum Gasteiger partial charge on any atom is 0.404 e. The van der Waals surface area contributed by atoms with Gasteiger partial charge in [0.05, 0.1) is 11.6 Å². The van der Waals surface area contributed by atoms with Gasteiger partial charge in [0.25, 0.3) is 0 Å². The number of Topliss-reactive ketones (excluding diaryl/α,β-unsaturated/α-hetero) is 1. The first-order valence-electron chi connectivity index (χ1n) is 9.90. The topological polar surface area (TPSA) is 99.4 Å². The third kappa shape index (κ3) is 6.39. The summed E-state index contributed by atoms with van der Waals surface area (Å²) < 4.78 is 7.12. The van der Waals surface area contributed by atoms with Crippen LogP contribution in [-0.4, -0.2) is 36.9 Å². The van der Waals surface area contributed by atoms with Crippen LogP contribution in [0.1, 0.15) is 54.9 Å². The number of hydrogen-bond acceptors (Lipinski definition) is 4. The number of halogens is 1. The van der Waals surface area contributed by atoms with E-state index in [1.807, 2.05) is 6.92 Å². The monoisotopic (exact) mass is 480 g/mol. The fourth-order valence-corrected chi connectivity index (χ4v) is 6.15. The molecule has 0 aliphatic heterocycles. The number of ketones is 1. The maximum absolute atomic E-state index is 13.6. The Bertz CT molecular complexity index is 808. The lowest BCUT2D eigenvalue weighted by Gasteiger charge is -2.43. The van der Waals surface area contributed by atoms with Gasteiger partial charge in [-0.25, -0.2) is 4.79 Å². The first kappa shape index (κ1) is 23.6. The number of carbonyl (C=O) groups excluding carboxylic acids is 1. The van der Waals surface area contributed by atoms with Crippen molar-refractivity contribution >= 4 is 36.1 Å². The van der Waals surface area contributed by atoms with Crippen molar-refractivity contribution in [3.05, 3.63) is 33.8 Å². The van der Waals surface area contributed by atoms with Crippen LogP contribution in [0.4, 0.5) is 4.79 Å². The molecule has 0 aromatic heterocycles. The van der Waals surface area contributed by atoms with E-state index in [0.29, 0.717) is 34.4 Å². The molecule has 2 rings (SSSR count). The Morgan fingerprint density at radius 3 is 2.48 bits per heavy atom.